The maximum Gasteiger partial charge on any atom is 0.263 e. The molecule has 8 nitrogen and oxygen atoms in total. The third kappa shape index (κ3) is 4.44. The van der Waals surface area contributed by atoms with E-state index in [-0.39, 0.29) is 11.1 Å². The van der Waals surface area contributed by atoms with Crippen LogP contribution in [0.3, 0.4) is 0 Å². The molecule has 0 radical (unpaired) electrons. The van der Waals surface area contributed by atoms with Crippen molar-refractivity contribution in [3.8, 4) is 5.88 Å². The van der Waals surface area contributed by atoms with Crippen molar-refractivity contribution in [1.29, 1.82) is 0 Å². The minimum atomic E-state index is -0.289. The summed E-state index contributed by atoms with van der Waals surface area (Å²) in [6.07, 6.45) is 3.22. The fraction of sp³-hybridized carbons (Fsp3) is 0.474. The van der Waals surface area contributed by atoms with Crippen molar-refractivity contribution in [2.24, 2.45) is 5.92 Å². The molecule has 0 bridgehead atoms. The Morgan fingerprint density at radius 1 is 1.32 bits per heavy atom. The largest absolute Gasteiger partial charge is 0.476 e. The molecule has 0 spiro atoms. The first-order chi connectivity index (χ1) is 13.1. The summed E-state index contributed by atoms with van der Waals surface area (Å²) in [6, 6.07) is 1.78. The van der Waals surface area contributed by atoms with Crippen LogP contribution < -0.4 is 15.6 Å². The van der Waals surface area contributed by atoms with Gasteiger partial charge in [-0.25, -0.2) is 9.67 Å². The number of halogens is 1. The predicted molar refractivity (Wildman–Crippen MR) is 110 cm³/mol. The summed E-state index contributed by atoms with van der Waals surface area (Å²) in [7, 11) is 0. The molecule has 28 heavy (non-hydrogen) atoms. The Hall–Kier alpha value is -2.61. The van der Waals surface area contributed by atoms with Gasteiger partial charge in [0.2, 0.25) is 11.8 Å². The molecule has 0 atom stereocenters. The summed E-state index contributed by atoms with van der Waals surface area (Å²) in [5, 5.41) is 8.32. The third-order valence-electron chi connectivity index (χ3n) is 3.95. The molecule has 3 heterocycles. The van der Waals surface area contributed by atoms with Gasteiger partial charge in [-0.1, -0.05) is 25.4 Å². The average molecular weight is 405 g/mol. The Morgan fingerprint density at radius 3 is 2.71 bits per heavy atom. The Balaban J connectivity index is 1.78. The second kappa shape index (κ2) is 7.79. The second-order valence-corrected chi connectivity index (χ2v) is 8.48. The summed E-state index contributed by atoms with van der Waals surface area (Å²) in [5.41, 5.74) is 0.848. The average Bonchev–Trinajstić information content (AvgIpc) is 3.04. The SMILES string of the molecule is CC(C)COc1ncc(CNc2nc3c(cnn3C(C)(C)C)c(=O)[nH]2)cc1Cl. The Bertz CT molecular complexity index is 1040. The first-order valence-corrected chi connectivity index (χ1v) is 9.52. The first-order valence-electron chi connectivity index (χ1n) is 9.15. The fourth-order valence-corrected chi connectivity index (χ4v) is 2.84. The Morgan fingerprint density at radius 2 is 2.07 bits per heavy atom. The van der Waals surface area contributed by atoms with Gasteiger partial charge in [-0.05, 0) is 38.3 Å². The molecule has 3 aromatic rings. The number of rotatable bonds is 6. The molecule has 2 N–H and O–H groups in total. The number of aromatic amines is 1. The molecular formula is C19H25ClN6O2. The number of H-pyrrole nitrogens is 1. The van der Waals surface area contributed by atoms with Gasteiger partial charge in [-0.3, -0.25) is 9.78 Å². The van der Waals surface area contributed by atoms with E-state index in [1.165, 1.54) is 6.20 Å². The number of hydrogen-bond acceptors (Lipinski definition) is 6. The molecule has 150 valence electrons. The number of aromatic nitrogens is 5. The van der Waals surface area contributed by atoms with Crippen LogP contribution in [0.15, 0.2) is 23.3 Å². The smallest absolute Gasteiger partial charge is 0.263 e. The van der Waals surface area contributed by atoms with Crippen LogP contribution >= 0.6 is 11.6 Å². The van der Waals surface area contributed by atoms with Gasteiger partial charge in [-0.2, -0.15) is 10.1 Å². The second-order valence-electron chi connectivity index (χ2n) is 8.07. The lowest BCUT2D eigenvalue weighted by atomic mass is 10.1. The van der Waals surface area contributed by atoms with Gasteiger partial charge in [0.25, 0.3) is 5.56 Å². The standard InChI is InChI=1S/C19H25ClN6O2/c1-11(2)10-28-17-14(20)6-12(7-21-17)8-22-18-24-15-13(16(27)25-18)9-23-26(15)19(3,4)5/h6-7,9,11H,8,10H2,1-5H3,(H2,22,24,25,27). The first kappa shape index (κ1) is 20.1. The maximum atomic E-state index is 12.3. The highest BCUT2D eigenvalue weighted by atomic mass is 35.5. The van der Waals surface area contributed by atoms with Crippen molar-refractivity contribution in [3.63, 3.8) is 0 Å². The van der Waals surface area contributed by atoms with E-state index in [2.05, 4.69) is 39.2 Å². The molecule has 0 saturated heterocycles. The van der Waals surface area contributed by atoms with Crippen molar-refractivity contribution >= 4 is 28.6 Å². The van der Waals surface area contributed by atoms with Crippen LogP contribution in [0.25, 0.3) is 11.0 Å². The molecule has 0 fully saturated rings. The molecule has 3 rings (SSSR count). The highest BCUT2D eigenvalue weighted by Gasteiger charge is 2.19. The number of ether oxygens (including phenoxy) is 1. The van der Waals surface area contributed by atoms with Gasteiger partial charge >= 0.3 is 0 Å². The number of nitrogens with one attached hydrogen (secondary N) is 2. The summed E-state index contributed by atoms with van der Waals surface area (Å²) in [5.74, 6) is 1.17. The molecule has 0 aliphatic heterocycles. The molecule has 0 aliphatic carbocycles. The van der Waals surface area contributed by atoms with E-state index in [1.54, 1.807) is 16.9 Å². The van der Waals surface area contributed by atoms with Crippen molar-refractivity contribution < 1.29 is 4.74 Å². The van der Waals surface area contributed by atoms with Gasteiger partial charge in [0.15, 0.2) is 5.65 Å². The molecule has 9 heteroatoms. The quantitative estimate of drug-likeness (QED) is 0.651. The van der Waals surface area contributed by atoms with E-state index in [0.717, 1.165) is 5.56 Å². The lowest BCUT2D eigenvalue weighted by Gasteiger charge is -2.19. The lowest BCUT2D eigenvalue weighted by molar-refractivity contribution is 0.261. The topological polar surface area (TPSA) is 97.7 Å². The summed E-state index contributed by atoms with van der Waals surface area (Å²) in [4.78, 5) is 23.9. The van der Waals surface area contributed by atoms with Crippen molar-refractivity contribution in [2.45, 2.75) is 46.7 Å². The number of nitrogens with zero attached hydrogens (tertiary/aromatic N) is 4. The van der Waals surface area contributed by atoms with E-state index >= 15 is 0 Å². The molecule has 0 unspecified atom stereocenters. The van der Waals surface area contributed by atoms with Gasteiger partial charge < -0.3 is 10.1 Å². The van der Waals surface area contributed by atoms with Gasteiger partial charge in [0.05, 0.1) is 18.3 Å². The zero-order chi connectivity index (χ0) is 20.5. The number of hydrogen-bond donors (Lipinski definition) is 2. The number of pyridine rings is 1. The van der Waals surface area contributed by atoms with Crippen LogP contribution in [0, 0.1) is 5.92 Å². The van der Waals surface area contributed by atoms with E-state index in [0.29, 0.717) is 47.0 Å². The van der Waals surface area contributed by atoms with Crippen molar-refractivity contribution in [1.82, 2.24) is 24.7 Å². The fourth-order valence-electron chi connectivity index (χ4n) is 2.59. The molecular weight excluding hydrogens is 380 g/mol. The molecule has 0 amide bonds. The van der Waals surface area contributed by atoms with Gasteiger partial charge in [0.1, 0.15) is 10.4 Å². The van der Waals surface area contributed by atoms with Crippen LogP contribution in [0.2, 0.25) is 5.02 Å². The van der Waals surface area contributed by atoms with Crippen molar-refractivity contribution in [2.75, 3.05) is 11.9 Å². The van der Waals surface area contributed by atoms with Crippen molar-refractivity contribution in [3.05, 3.63) is 39.4 Å². The molecule has 0 aromatic carbocycles. The Labute approximate surface area is 168 Å². The minimum absolute atomic E-state index is 0.239. The van der Waals surface area contributed by atoms with Gasteiger partial charge in [0, 0.05) is 12.7 Å². The molecule has 3 aromatic heterocycles. The normalized spacial score (nSPS) is 12.0. The van der Waals surface area contributed by atoms with Crippen LogP contribution in [-0.2, 0) is 12.1 Å². The Kier molecular flexibility index (Phi) is 5.60. The zero-order valence-electron chi connectivity index (χ0n) is 16.7. The van der Waals surface area contributed by atoms with E-state index in [4.69, 9.17) is 16.3 Å². The summed E-state index contributed by atoms with van der Waals surface area (Å²) in [6.45, 7) is 11.1. The predicted octanol–water partition coefficient (Wildman–Crippen LogP) is 3.57. The van der Waals surface area contributed by atoms with E-state index < -0.39 is 0 Å². The van der Waals surface area contributed by atoms with E-state index in [1.807, 2.05) is 20.8 Å². The van der Waals surface area contributed by atoms with Crippen LogP contribution in [0.4, 0.5) is 5.95 Å². The monoisotopic (exact) mass is 404 g/mol. The van der Waals surface area contributed by atoms with Gasteiger partial charge in [-0.15, -0.1) is 0 Å². The molecule has 0 aliphatic rings. The maximum absolute atomic E-state index is 12.3. The van der Waals surface area contributed by atoms with Crippen LogP contribution in [-0.4, -0.2) is 31.3 Å². The summed E-state index contributed by atoms with van der Waals surface area (Å²) < 4.78 is 7.32. The number of fused-ring (bicyclic) bond motifs is 1. The van der Waals surface area contributed by atoms with Crippen LogP contribution in [0.5, 0.6) is 5.88 Å². The number of anilines is 1. The highest BCUT2D eigenvalue weighted by molar-refractivity contribution is 6.31. The third-order valence-corrected chi connectivity index (χ3v) is 4.22. The highest BCUT2D eigenvalue weighted by Crippen LogP contribution is 2.23. The lowest BCUT2D eigenvalue weighted by Crippen LogP contribution is -2.24. The van der Waals surface area contributed by atoms with Crippen LogP contribution in [0.1, 0.15) is 40.2 Å². The van der Waals surface area contributed by atoms with E-state index in [9.17, 15) is 4.79 Å². The summed E-state index contributed by atoms with van der Waals surface area (Å²) >= 11 is 6.25. The minimum Gasteiger partial charge on any atom is -0.476 e. The zero-order valence-corrected chi connectivity index (χ0v) is 17.5. The molecule has 0 saturated carbocycles.